The Kier molecular flexibility index (Phi) is 3.78. The zero-order chi connectivity index (χ0) is 17.6. The van der Waals surface area contributed by atoms with Crippen molar-refractivity contribution in [3.05, 3.63) is 84.1 Å². The van der Waals surface area contributed by atoms with Crippen molar-refractivity contribution >= 4 is 20.9 Å². The van der Waals surface area contributed by atoms with Crippen LogP contribution >= 0.6 is 0 Å². The maximum absolute atomic E-state index is 12.5. The van der Waals surface area contributed by atoms with E-state index in [1.807, 2.05) is 54.6 Å². The molecule has 1 aromatic heterocycles. The molecule has 0 radical (unpaired) electrons. The average molecular weight is 352 g/mol. The lowest BCUT2D eigenvalue weighted by atomic mass is 9.87. The molecule has 2 aromatic carbocycles. The second-order valence-corrected chi connectivity index (χ2v) is 8.42. The Hall–Kier alpha value is -2.37. The van der Waals surface area contributed by atoms with Crippen LogP contribution in [-0.2, 0) is 10.0 Å². The Morgan fingerprint density at radius 1 is 1.12 bits per heavy atom. The monoisotopic (exact) mass is 352 g/mol. The fourth-order valence-electron chi connectivity index (χ4n) is 3.82. The van der Waals surface area contributed by atoms with Gasteiger partial charge in [-0.3, -0.25) is 0 Å². The average Bonchev–Trinajstić information content (AvgIpc) is 2.99. The van der Waals surface area contributed by atoms with Gasteiger partial charge in [0.25, 0.3) is 0 Å². The third-order valence-electron chi connectivity index (χ3n) is 4.91. The molecule has 2 atom stereocenters. The third kappa shape index (κ3) is 2.60. The summed E-state index contributed by atoms with van der Waals surface area (Å²) in [6.07, 6.45) is 3.12. The Bertz CT molecular complexity index is 1040. The fourth-order valence-corrected chi connectivity index (χ4v) is 4.86. The van der Waals surface area contributed by atoms with Gasteiger partial charge in [0.1, 0.15) is 0 Å². The van der Waals surface area contributed by atoms with Gasteiger partial charge in [0.2, 0.25) is 10.0 Å². The van der Waals surface area contributed by atoms with Crippen LogP contribution in [0.2, 0.25) is 0 Å². The van der Waals surface area contributed by atoms with Crippen LogP contribution < -0.4 is 0 Å². The molecule has 2 heterocycles. The van der Waals surface area contributed by atoms with Crippen LogP contribution in [0.15, 0.2) is 67.3 Å². The second-order valence-electron chi connectivity index (χ2n) is 6.49. The van der Waals surface area contributed by atoms with Gasteiger partial charge in [-0.05, 0) is 17.2 Å². The number of benzene rings is 2. The highest BCUT2D eigenvalue weighted by Gasteiger charge is 2.39. The predicted octanol–water partition coefficient (Wildman–Crippen LogP) is 3.80. The van der Waals surface area contributed by atoms with Gasteiger partial charge in [-0.15, -0.1) is 6.58 Å². The van der Waals surface area contributed by atoms with Crippen LogP contribution in [0.5, 0.6) is 0 Å². The molecule has 0 amide bonds. The van der Waals surface area contributed by atoms with E-state index in [4.69, 9.17) is 0 Å². The molecule has 1 N–H and O–H groups in total. The topological polar surface area (TPSA) is 53.2 Å². The second kappa shape index (κ2) is 5.86. The number of fused-ring (bicyclic) bond motifs is 3. The molecular weight excluding hydrogens is 332 g/mol. The first kappa shape index (κ1) is 16.1. The van der Waals surface area contributed by atoms with E-state index in [9.17, 15) is 8.42 Å². The van der Waals surface area contributed by atoms with Gasteiger partial charge >= 0.3 is 0 Å². The van der Waals surface area contributed by atoms with Crippen LogP contribution in [0, 0.1) is 0 Å². The summed E-state index contributed by atoms with van der Waals surface area (Å²) in [6, 6.07) is 17.5. The molecule has 0 aliphatic carbocycles. The number of aromatic amines is 1. The SMILES string of the molecule is C=C[C@H]1CN(S(C)(=O)=O)[C@@H](c2ccccc2)c2[nH]c3ccccc3c21. The molecule has 1 aliphatic heterocycles. The first-order chi connectivity index (χ1) is 12.0. The summed E-state index contributed by atoms with van der Waals surface area (Å²) in [7, 11) is -3.38. The number of hydrogen-bond acceptors (Lipinski definition) is 2. The van der Waals surface area contributed by atoms with Crippen molar-refractivity contribution < 1.29 is 8.42 Å². The zero-order valence-electron chi connectivity index (χ0n) is 14.0. The van der Waals surface area contributed by atoms with Crippen molar-refractivity contribution in [3.8, 4) is 0 Å². The number of nitrogens with zero attached hydrogens (tertiary/aromatic N) is 1. The molecule has 0 saturated heterocycles. The number of hydrogen-bond donors (Lipinski definition) is 1. The van der Waals surface area contributed by atoms with E-state index < -0.39 is 10.0 Å². The molecule has 4 nitrogen and oxygen atoms in total. The first-order valence-corrected chi connectivity index (χ1v) is 10.1. The van der Waals surface area contributed by atoms with Crippen LogP contribution in [0.3, 0.4) is 0 Å². The molecule has 25 heavy (non-hydrogen) atoms. The standard InChI is InChI=1S/C20H20N2O2S/c1-3-14-13-22(25(2,23)24)20(15-9-5-4-6-10-15)19-18(14)16-11-7-8-12-17(16)21-19/h3-12,14,20-21H,1,13H2,2H3/t14-,20-/m0/s1. The minimum absolute atomic E-state index is 0.0409. The summed E-state index contributed by atoms with van der Waals surface area (Å²) in [5.74, 6) is -0.0409. The highest BCUT2D eigenvalue weighted by molar-refractivity contribution is 7.88. The fraction of sp³-hybridized carbons (Fsp3) is 0.200. The number of aromatic nitrogens is 1. The molecule has 0 saturated carbocycles. The van der Waals surface area contributed by atoms with Crippen LogP contribution in [-0.4, -0.2) is 30.5 Å². The van der Waals surface area contributed by atoms with Gasteiger partial charge in [-0.25, -0.2) is 8.42 Å². The van der Waals surface area contributed by atoms with Crippen molar-refractivity contribution in [3.63, 3.8) is 0 Å². The van der Waals surface area contributed by atoms with Gasteiger partial charge in [0.05, 0.1) is 12.3 Å². The molecule has 0 fully saturated rings. The summed E-state index contributed by atoms with van der Waals surface area (Å²) in [6.45, 7) is 4.35. The molecule has 3 aromatic rings. The van der Waals surface area contributed by atoms with Crippen molar-refractivity contribution in [1.29, 1.82) is 0 Å². The van der Waals surface area contributed by atoms with Crippen LogP contribution in [0.4, 0.5) is 0 Å². The van der Waals surface area contributed by atoms with E-state index in [1.165, 1.54) is 6.26 Å². The number of nitrogens with one attached hydrogen (secondary N) is 1. The van der Waals surface area contributed by atoms with E-state index in [0.717, 1.165) is 27.7 Å². The lowest BCUT2D eigenvalue weighted by Gasteiger charge is -2.37. The quantitative estimate of drug-likeness (QED) is 0.729. The third-order valence-corrected chi connectivity index (χ3v) is 6.12. The molecular formula is C20H20N2O2S. The maximum Gasteiger partial charge on any atom is 0.212 e. The minimum Gasteiger partial charge on any atom is -0.357 e. The molecule has 0 unspecified atom stereocenters. The summed E-state index contributed by atoms with van der Waals surface area (Å²) in [5, 5.41) is 1.14. The van der Waals surface area contributed by atoms with Crippen molar-refractivity contribution in [2.75, 3.05) is 12.8 Å². The Balaban J connectivity index is 2.03. The smallest absolute Gasteiger partial charge is 0.212 e. The largest absolute Gasteiger partial charge is 0.357 e. The molecule has 0 bridgehead atoms. The van der Waals surface area contributed by atoms with E-state index >= 15 is 0 Å². The first-order valence-electron chi connectivity index (χ1n) is 8.25. The summed E-state index contributed by atoms with van der Waals surface area (Å²) in [5.41, 5.74) is 4.08. The van der Waals surface area contributed by atoms with E-state index in [0.29, 0.717) is 6.54 Å². The normalized spacial score (nSPS) is 21.2. The lowest BCUT2D eigenvalue weighted by molar-refractivity contribution is 0.329. The Labute approximate surface area is 147 Å². The van der Waals surface area contributed by atoms with Crippen LogP contribution in [0.1, 0.15) is 28.8 Å². The number of rotatable bonds is 3. The van der Waals surface area contributed by atoms with Gasteiger partial charge < -0.3 is 4.98 Å². The van der Waals surface area contributed by atoms with Crippen molar-refractivity contribution in [2.24, 2.45) is 0 Å². The zero-order valence-corrected chi connectivity index (χ0v) is 14.8. The van der Waals surface area contributed by atoms with Gasteiger partial charge in [0.15, 0.2) is 0 Å². The number of H-pyrrole nitrogens is 1. The van der Waals surface area contributed by atoms with Crippen LogP contribution in [0.25, 0.3) is 10.9 Å². The molecule has 5 heteroatoms. The Morgan fingerprint density at radius 2 is 1.80 bits per heavy atom. The predicted molar refractivity (Wildman–Crippen MR) is 101 cm³/mol. The molecule has 128 valence electrons. The maximum atomic E-state index is 12.5. The minimum atomic E-state index is -3.38. The van der Waals surface area contributed by atoms with E-state index in [2.05, 4.69) is 17.6 Å². The summed E-state index contributed by atoms with van der Waals surface area (Å²) < 4.78 is 26.6. The van der Waals surface area contributed by atoms with Crippen molar-refractivity contribution in [1.82, 2.24) is 9.29 Å². The molecule has 1 aliphatic rings. The highest BCUT2D eigenvalue weighted by atomic mass is 32.2. The molecule has 4 rings (SSSR count). The molecule has 0 spiro atoms. The van der Waals surface area contributed by atoms with E-state index in [-0.39, 0.29) is 12.0 Å². The Morgan fingerprint density at radius 3 is 2.48 bits per heavy atom. The van der Waals surface area contributed by atoms with Crippen molar-refractivity contribution in [2.45, 2.75) is 12.0 Å². The lowest BCUT2D eigenvalue weighted by Crippen LogP contribution is -2.41. The van der Waals surface area contributed by atoms with E-state index in [1.54, 1.807) is 4.31 Å². The highest BCUT2D eigenvalue weighted by Crippen LogP contribution is 2.44. The summed E-state index contributed by atoms with van der Waals surface area (Å²) >= 11 is 0. The van der Waals surface area contributed by atoms with Gasteiger partial charge in [0, 0.05) is 29.1 Å². The number of sulfonamides is 1. The van der Waals surface area contributed by atoms with Gasteiger partial charge in [-0.2, -0.15) is 4.31 Å². The van der Waals surface area contributed by atoms with Gasteiger partial charge in [-0.1, -0.05) is 54.6 Å². The summed E-state index contributed by atoms with van der Waals surface area (Å²) in [4.78, 5) is 3.48. The number of para-hydroxylation sites is 1.